The molecule has 2 aromatic rings. The predicted molar refractivity (Wildman–Crippen MR) is 104 cm³/mol. The Kier molecular flexibility index (Phi) is 5.53. The van der Waals surface area contributed by atoms with Crippen molar-refractivity contribution in [2.75, 3.05) is 36.9 Å². The van der Waals surface area contributed by atoms with Crippen LogP contribution in [0.1, 0.15) is 17.7 Å². The number of sulfone groups is 1. The largest absolute Gasteiger partial charge is 0.370 e. The molecule has 0 unspecified atom stereocenters. The lowest BCUT2D eigenvalue weighted by molar-refractivity contribution is 0.602. The van der Waals surface area contributed by atoms with E-state index in [2.05, 4.69) is 26.7 Å². The standard InChI is InChI=1S/C18H23N5O2S/c1-26(24,25)15-4-2-13(3-5-15)6-11-21-17-12-16(22-18(19)23-17)14-7-9-20-10-8-14/h2-5,7,12,20H,6,8-11H2,1H3,(H3,19,21,22,23). The average molecular weight is 373 g/mol. The maximum atomic E-state index is 11.5. The summed E-state index contributed by atoms with van der Waals surface area (Å²) in [6.07, 6.45) is 5.00. The summed E-state index contributed by atoms with van der Waals surface area (Å²) >= 11 is 0. The third kappa shape index (κ3) is 4.80. The molecule has 0 amide bonds. The number of nitrogen functional groups attached to an aromatic ring is 1. The van der Waals surface area contributed by atoms with E-state index in [1.165, 1.54) is 11.8 Å². The Morgan fingerprint density at radius 3 is 2.65 bits per heavy atom. The Morgan fingerprint density at radius 1 is 1.23 bits per heavy atom. The zero-order valence-electron chi connectivity index (χ0n) is 14.7. The van der Waals surface area contributed by atoms with E-state index in [9.17, 15) is 8.42 Å². The molecular weight excluding hydrogens is 350 g/mol. The van der Waals surface area contributed by atoms with Crippen LogP contribution >= 0.6 is 0 Å². The predicted octanol–water partition coefficient (Wildman–Crippen LogP) is 1.49. The number of anilines is 2. The molecule has 1 aliphatic heterocycles. The van der Waals surface area contributed by atoms with Gasteiger partial charge in [0.15, 0.2) is 9.84 Å². The lowest BCUT2D eigenvalue weighted by Gasteiger charge is -2.15. The van der Waals surface area contributed by atoms with E-state index >= 15 is 0 Å². The van der Waals surface area contributed by atoms with Gasteiger partial charge in [-0.2, -0.15) is 4.98 Å². The topological polar surface area (TPSA) is 110 Å². The molecule has 3 rings (SSSR count). The van der Waals surface area contributed by atoms with Crippen molar-refractivity contribution in [3.63, 3.8) is 0 Å². The van der Waals surface area contributed by atoms with Gasteiger partial charge in [-0.1, -0.05) is 18.2 Å². The van der Waals surface area contributed by atoms with Gasteiger partial charge in [0, 0.05) is 25.4 Å². The first-order chi connectivity index (χ1) is 12.4. The first kappa shape index (κ1) is 18.3. The molecule has 0 saturated heterocycles. The van der Waals surface area contributed by atoms with E-state index in [-0.39, 0.29) is 5.95 Å². The number of nitrogens with one attached hydrogen (secondary N) is 2. The number of nitrogens with zero attached hydrogens (tertiary/aromatic N) is 2. The number of hydrogen-bond acceptors (Lipinski definition) is 7. The van der Waals surface area contributed by atoms with E-state index in [0.717, 1.165) is 37.2 Å². The minimum Gasteiger partial charge on any atom is -0.370 e. The number of hydrogen-bond donors (Lipinski definition) is 3. The molecule has 1 aliphatic rings. The Morgan fingerprint density at radius 2 is 2.00 bits per heavy atom. The van der Waals surface area contributed by atoms with Crippen LogP contribution in [0.2, 0.25) is 0 Å². The van der Waals surface area contributed by atoms with Crippen molar-refractivity contribution in [2.45, 2.75) is 17.7 Å². The van der Waals surface area contributed by atoms with Crippen LogP contribution in [0.3, 0.4) is 0 Å². The molecule has 4 N–H and O–H groups in total. The van der Waals surface area contributed by atoms with Crippen LogP contribution in [-0.4, -0.2) is 44.3 Å². The second-order valence-corrected chi connectivity index (χ2v) is 8.29. The summed E-state index contributed by atoms with van der Waals surface area (Å²) in [7, 11) is -3.16. The molecule has 7 nitrogen and oxygen atoms in total. The number of aromatic nitrogens is 2. The SMILES string of the molecule is CS(=O)(=O)c1ccc(CCNc2cc(C3=CCNCC3)nc(N)n2)cc1. The van der Waals surface area contributed by atoms with E-state index < -0.39 is 9.84 Å². The molecule has 1 aromatic heterocycles. The van der Waals surface area contributed by atoms with Crippen LogP contribution in [0, 0.1) is 0 Å². The van der Waals surface area contributed by atoms with Crippen molar-refractivity contribution in [3.05, 3.63) is 47.7 Å². The number of rotatable bonds is 6. The fraction of sp³-hybridized carbons (Fsp3) is 0.333. The van der Waals surface area contributed by atoms with Gasteiger partial charge in [0.05, 0.1) is 10.6 Å². The summed E-state index contributed by atoms with van der Waals surface area (Å²) < 4.78 is 23.0. The van der Waals surface area contributed by atoms with Crippen LogP contribution in [0.25, 0.3) is 5.57 Å². The Hall–Kier alpha value is -2.45. The summed E-state index contributed by atoms with van der Waals surface area (Å²) in [4.78, 5) is 8.90. The molecule has 138 valence electrons. The van der Waals surface area contributed by atoms with Gasteiger partial charge in [-0.05, 0) is 42.7 Å². The second kappa shape index (κ2) is 7.84. The van der Waals surface area contributed by atoms with Crippen molar-refractivity contribution in [3.8, 4) is 0 Å². The molecule has 0 fully saturated rings. The quantitative estimate of drug-likeness (QED) is 0.704. The van der Waals surface area contributed by atoms with Gasteiger partial charge in [0.1, 0.15) is 5.82 Å². The monoisotopic (exact) mass is 373 g/mol. The molecule has 0 spiro atoms. The highest BCUT2D eigenvalue weighted by molar-refractivity contribution is 7.90. The van der Waals surface area contributed by atoms with E-state index in [1.54, 1.807) is 12.1 Å². The van der Waals surface area contributed by atoms with Crippen molar-refractivity contribution < 1.29 is 8.42 Å². The van der Waals surface area contributed by atoms with Crippen LogP contribution in [0.15, 0.2) is 41.3 Å². The smallest absolute Gasteiger partial charge is 0.222 e. The van der Waals surface area contributed by atoms with Gasteiger partial charge >= 0.3 is 0 Å². The molecule has 0 radical (unpaired) electrons. The lowest BCUT2D eigenvalue weighted by Crippen LogP contribution is -2.20. The Labute approximate surface area is 153 Å². The summed E-state index contributed by atoms with van der Waals surface area (Å²) in [6.45, 7) is 2.43. The molecule has 26 heavy (non-hydrogen) atoms. The molecule has 0 aliphatic carbocycles. The second-order valence-electron chi connectivity index (χ2n) is 6.27. The summed E-state index contributed by atoms with van der Waals surface area (Å²) in [5.74, 6) is 0.946. The van der Waals surface area contributed by atoms with Gasteiger partial charge in [0.2, 0.25) is 5.95 Å². The summed E-state index contributed by atoms with van der Waals surface area (Å²) in [5, 5.41) is 6.54. The van der Waals surface area contributed by atoms with Crippen LogP contribution in [-0.2, 0) is 16.3 Å². The molecule has 1 aromatic carbocycles. The molecule has 2 heterocycles. The minimum atomic E-state index is -3.16. The van der Waals surface area contributed by atoms with Gasteiger partial charge in [-0.15, -0.1) is 0 Å². The van der Waals surface area contributed by atoms with Gasteiger partial charge in [0.25, 0.3) is 0 Å². The molecule has 0 bridgehead atoms. The van der Waals surface area contributed by atoms with Crippen LogP contribution in [0.5, 0.6) is 0 Å². The third-order valence-corrected chi connectivity index (χ3v) is 5.34. The average Bonchev–Trinajstić information content (AvgIpc) is 2.62. The molecule has 8 heteroatoms. The fourth-order valence-electron chi connectivity index (χ4n) is 2.81. The maximum absolute atomic E-state index is 11.5. The van der Waals surface area contributed by atoms with Crippen LogP contribution in [0.4, 0.5) is 11.8 Å². The van der Waals surface area contributed by atoms with Crippen molar-refractivity contribution in [2.24, 2.45) is 0 Å². The maximum Gasteiger partial charge on any atom is 0.222 e. The van der Waals surface area contributed by atoms with E-state index in [1.807, 2.05) is 18.2 Å². The minimum absolute atomic E-state index is 0.252. The molecule has 0 atom stereocenters. The summed E-state index contributed by atoms with van der Waals surface area (Å²) in [5.41, 5.74) is 8.93. The number of benzene rings is 1. The van der Waals surface area contributed by atoms with Crippen LogP contribution < -0.4 is 16.4 Å². The van der Waals surface area contributed by atoms with E-state index in [4.69, 9.17) is 5.73 Å². The molecular formula is C18H23N5O2S. The van der Waals surface area contributed by atoms with Crippen molar-refractivity contribution in [1.82, 2.24) is 15.3 Å². The fourth-order valence-corrected chi connectivity index (χ4v) is 3.44. The highest BCUT2D eigenvalue weighted by atomic mass is 32.2. The Balaban J connectivity index is 1.63. The third-order valence-electron chi connectivity index (χ3n) is 4.21. The lowest BCUT2D eigenvalue weighted by atomic mass is 10.1. The Bertz CT molecular complexity index is 908. The normalized spacial score (nSPS) is 14.7. The van der Waals surface area contributed by atoms with Crippen molar-refractivity contribution >= 4 is 27.2 Å². The van der Waals surface area contributed by atoms with Gasteiger partial charge < -0.3 is 16.4 Å². The van der Waals surface area contributed by atoms with Gasteiger partial charge in [-0.3, -0.25) is 0 Å². The highest BCUT2D eigenvalue weighted by Crippen LogP contribution is 2.21. The zero-order valence-corrected chi connectivity index (χ0v) is 15.5. The number of nitrogens with two attached hydrogens (primary N) is 1. The first-order valence-corrected chi connectivity index (χ1v) is 10.4. The molecule has 0 saturated carbocycles. The summed E-state index contributed by atoms with van der Waals surface area (Å²) in [6, 6.07) is 8.85. The van der Waals surface area contributed by atoms with Gasteiger partial charge in [-0.25, -0.2) is 13.4 Å². The van der Waals surface area contributed by atoms with Crippen molar-refractivity contribution in [1.29, 1.82) is 0 Å². The van der Waals surface area contributed by atoms with E-state index in [0.29, 0.717) is 17.3 Å². The zero-order chi connectivity index (χ0) is 18.6. The highest BCUT2D eigenvalue weighted by Gasteiger charge is 2.10. The first-order valence-electron chi connectivity index (χ1n) is 8.49.